The zero-order valence-corrected chi connectivity index (χ0v) is 25.0. The van der Waals surface area contributed by atoms with Crippen LogP contribution in [-0.4, -0.2) is 61.4 Å². The number of hydrogen-bond donors (Lipinski definition) is 2. The van der Waals surface area contributed by atoms with Crippen molar-refractivity contribution < 1.29 is 23.9 Å². The molecule has 0 spiro atoms. The monoisotopic (exact) mass is 531 g/mol. The van der Waals surface area contributed by atoms with Crippen molar-refractivity contribution in [3.05, 3.63) is 35.4 Å². The Labute approximate surface area is 223 Å². The Balaban J connectivity index is 2.90. The standard InChI is InChI=1S/C28H45N3O5Si/c1-27(2,3)35-25(33)30-20-23(24(29)32)31(26(34)36-28(4,5)6)17-11-10-13-21-14-12-15-22(19-21)16-18-37(7,8)9/h12,14-15,19,23H,10-11,13,17,20H2,1-9H3,(H2,29,32)(H,30,33)/t23-/m0/s1. The Morgan fingerprint density at radius 1 is 1.03 bits per heavy atom. The molecule has 1 aromatic carbocycles. The molecule has 3 amide bonds. The first-order chi connectivity index (χ1) is 16.9. The number of rotatable bonds is 9. The molecule has 0 aliphatic heterocycles. The number of nitrogens with one attached hydrogen (secondary N) is 1. The molecule has 206 valence electrons. The lowest BCUT2D eigenvalue weighted by molar-refractivity contribution is -0.123. The smallest absolute Gasteiger partial charge is 0.411 e. The van der Waals surface area contributed by atoms with Crippen molar-refractivity contribution in [3.63, 3.8) is 0 Å². The SMILES string of the molecule is CC(C)(C)OC(=O)NC[C@@H](C(N)=O)N(CCCCc1cccc(C#C[Si](C)(C)C)c1)C(=O)OC(C)(C)C. The van der Waals surface area contributed by atoms with E-state index in [0.29, 0.717) is 6.42 Å². The highest BCUT2D eigenvalue weighted by molar-refractivity contribution is 6.83. The zero-order valence-electron chi connectivity index (χ0n) is 24.0. The van der Waals surface area contributed by atoms with E-state index in [1.165, 1.54) is 4.90 Å². The number of nitrogens with two attached hydrogens (primary N) is 1. The second kappa shape index (κ2) is 13.5. The van der Waals surface area contributed by atoms with E-state index in [0.717, 1.165) is 24.0 Å². The van der Waals surface area contributed by atoms with Crippen molar-refractivity contribution in [1.82, 2.24) is 10.2 Å². The summed E-state index contributed by atoms with van der Waals surface area (Å²) in [7, 11) is -1.46. The van der Waals surface area contributed by atoms with Crippen LogP contribution in [0.1, 0.15) is 65.5 Å². The Kier molecular flexibility index (Phi) is 11.7. The van der Waals surface area contributed by atoms with E-state index >= 15 is 0 Å². The molecule has 0 heterocycles. The van der Waals surface area contributed by atoms with Crippen LogP contribution in [0.3, 0.4) is 0 Å². The molecular weight excluding hydrogens is 486 g/mol. The molecule has 0 fully saturated rings. The van der Waals surface area contributed by atoms with E-state index in [9.17, 15) is 14.4 Å². The Hall–Kier alpha value is -2.99. The van der Waals surface area contributed by atoms with Crippen LogP contribution in [0.2, 0.25) is 19.6 Å². The highest BCUT2D eigenvalue weighted by Gasteiger charge is 2.32. The molecule has 0 unspecified atom stereocenters. The molecule has 0 saturated heterocycles. The van der Waals surface area contributed by atoms with Gasteiger partial charge in [0, 0.05) is 12.1 Å². The summed E-state index contributed by atoms with van der Waals surface area (Å²) in [6.07, 6.45) is 0.822. The number of benzene rings is 1. The van der Waals surface area contributed by atoms with Gasteiger partial charge in [0.2, 0.25) is 5.91 Å². The molecule has 0 aliphatic carbocycles. The molecule has 3 N–H and O–H groups in total. The van der Waals surface area contributed by atoms with Gasteiger partial charge in [-0.05, 0) is 78.5 Å². The average molecular weight is 532 g/mol. The minimum Gasteiger partial charge on any atom is -0.444 e. The van der Waals surface area contributed by atoms with Gasteiger partial charge in [0.15, 0.2) is 0 Å². The number of aryl methyl sites for hydroxylation is 1. The zero-order chi connectivity index (χ0) is 28.4. The van der Waals surface area contributed by atoms with Crippen molar-refractivity contribution in [2.24, 2.45) is 5.73 Å². The van der Waals surface area contributed by atoms with E-state index in [1.54, 1.807) is 41.5 Å². The van der Waals surface area contributed by atoms with Crippen LogP contribution in [0.25, 0.3) is 0 Å². The summed E-state index contributed by atoms with van der Waals surface area (Å²) in [6.45, 7) is 17.2. The first-order valence-corrected chi connectivity index (χ1v) is 16.2. The Morgan fingerprint density at radius 3 is 2.19 bits per heavy atom. The van der Waals surface area contributed by atoms with E-state index in [-0.39, 0.29) is 13.1 Å². The van der Waals surface area contributed by atoms with Crippen molar-refractivity contribution in [2.45, 2.75) is 97.7 Å². The summed E-state index contributed by atoms with van der Waals surface area (Å²) >= 11 is 0. The molecule has 8 nitrogen and oxygen atoms in total. The third-order valence-corrected chi connectivity index (χ3v) is 5.67. The lowest BCUT2D eigenvalue weighted by Crippen LogP contribution is -2.55. The quantitative estimate of drug-likeness (QED) is 0.269. The second-order valence-corrected chi connectivity index (χ2v) is 16.9. The van der Waals surface area contributed by atoms with Gasteiger partial charge in [-0.3, -0.25) is 9.69 Å². The van der Waals surface area contributed by atoms with Gasteiger partial charge in [-0.15, -0.1) is 5.54 Å². The van der Waals surface area contributed by atoms with Crippen molar-refractivity contribution in [2.75, 3.05) is 13.1 Å². The molecule has 0 radical (unpaired) electrons. The van der Waals surface area contributed by atoms with Crippen LogP contribution in [-0.2, 0) is 20.7 Å². The number of carbonyl (C=O) groups excluding carboxylic acids is 3. The maximum absolute atomic E-state index is 13.0. The minimum absolute atomic E-state index is 0.179. The van der Waals surface area contributed by atoms with Crippen LogP contribution in [0, 0.1) is 11.5 Å². The lowest BCUT2D eigenvalue weighted by atomic mass is 10.1. The van der Waals surface area contributed by atoms with Gasteiger partial charge >= 0.3 is 12.2 Å². The summed E-state index contributed by atoms with van der Waals surface area (Å²) in [6, 6.07) is 7.08. The van der Waals surface area contributed by atoms with Gasteiger partial charge in [-0.25, -0.2) is 9.59 Å². The number of nitrogens with zero attached hydrogens (tertiary/aromatic N) is 1. The normalized spacial score (nSPS) is 12.6. The van der Waals surface area contributed by atoms with E-state index in [2.05, 4.69) is 48.6 Å². The maximum atomic E-state index is 13.0. The summed E-state index contributed by atoms with van der Waals surface area (Å²) in [5.41, 5.74) is 9.71. The van der Waals surface area contributed by atoms with Gasteiger partial charge in [0.1, 0.15) is 25.3 Å². The summed E-state index contributed by atoms with van der Waals surface area (Å²) < 4.78 is 10.8. The minimum atomic E-state index is -1.46. The van der Waals surface area contributed by atoms with E-state index in [4.69, 9.17) is 15.2 Å². The van der Waals surface area contributed by atoms with Crippen LogP contribution >= 0.6 is 0 Å². The predicted molar refractivity (Wildman–Crippen MR) is 150 cm³/mol. The number of alkyl carbamates (subject to hydrolysis) is 1. The number of carbonyl (C=O) groups is 3. The first-order valence-electron chi connectivity index (χ1n) is 12.7. The number of ether oxygens (including phenoxy) is 2. The largest absolute Gasteiger partial charge is 0.444 e. The molecule has 0 aromatic heterocycles. The first kappa shape index (κ1) is 32.0. The molecule has 0 bridgehead atoms. The summed E-state index contributed by atoms with van der Waals surface area (Å²) in [4.78, 5) is 38.7. The molecular formula is C28H45N3O5Si. The van der Waals surface area contributed by atoms with E-state index in [1.807, 2.05) is 12.1 Å². The Morgan fingerprint density at radius 2 is 1.65 bits per heavy atom. The molecule has 1 aromatic rings. The summed E-state index contributed by atoms with van der Waals surface area (Å²) in [5.74, 6) is 2.54. The van der Waals surface area contributed by atoms with Gasteiger partial charge in [-0.2, -0.15) is 0 Å². The fraction of sp³-hybridized carbons (Fsp3) is 0.607. The van der Waals surface area contributed by atoms with Crippen LogP contribution in [0.15, 0.2) is 24.3 Å². The topological polar surface area (TPSA) is 111 Å². The number of primary amides is 1. The average Bonchev–Trinajstić information content (AvgIpc) is 2.70. The van der Waals surface area contributed by atoms with Crippen LogP contribution in [0.4, 0.5) is 9.59 Å². The van der Waals surface area contributed by atoms with Crippen LogP contribution in [0.5, 0.6) is 0 Å². The third-order valence-electron chi connectivity index (χ3n) is 4.79. The van der Waals surface area contributed by atoms with Crippen molar-refractivity contribution >= 4 is 26.2 Å². The highest BCUT2D eigenvalue weighted by atomic mass is 28.3. The molecule has 0 aliphatic rings. The number of unbranched alkanes of at least 4 members (excludes halogenated alkanes) is 1. The number of amides is 3. The van der Waals surface area contributed by atoms with Gasteiger partial charge in [0.25, 0.3) is 0 Å². The molecule has 0 saturated carbocycles. The maximum Gasteiger partial charge on any atom is 0.411 e. The molecule has 1 rings (SSSR count). The fourth-order valence-electron chi connectivity index (χ4n) is 3.23. The number of hydrogen-bond acceptors (Lipinski definition) is 5. The van der Waals surface area contributed by atoms with Gasteiger partial charge in [0.05, 0.1) is 6.54 Å². The van der Waals surface area contributed by atoms with E-state index < -0.39 is 43.4 Å². The molecule has 1 atom stereocenters. The van der Waals surface area contributed by atoms with Gasteiger partial charge in [-0.1, -0.05) is 37.7 Å². The van der Waals surface area contributed by atoms with Crippen LogP contribution < -0.4 is 11.1 Å². The lowest BCUT2D eigenvalue weighted by Gasteiger charge is -2.32. The predicted octanol–water partition coefficient (Wildman–Crippen LogP) is 4.85. The fourth-order valence-corrected chi connectivity index (χ4v) is 3.75. The highest BCUT2D eigenvalue weighted by Crippen LogP contribution is 2.15. The third kappa shape index (κ3) is 14.4. The van der Waals surface area contributed by atoms with Crippen molar-refractivity contribution in [1.29, 1.82) is 0 Å². The van der Waals surface area contributed by atoms with Crippen molar-refractivity contribution in [3.8, 4) is 11.5 Å². The second-order valence-electron chi connectivity index (χ2n) is 12.1. The van der Waals surface area contributed by atoms with Gasteiger partial charge < -0.3 is 20.5 Å². The Bertz CT molecular complexity index is 994. The summed E-state index contributed by atoms with van der Waals surface area (Å²) in [5, 5.41) is 2.54. The molecule has 9 heteroatoms. The molecule has 37 heavy (non-hydrogen) atoms.